The lowest BCUT2D eigenvalue weighted by Crippen LogP contribution is -2.54. The van der Waals surface area contributed by atoms with E-state index in [-0.39, 0.29) is 31.1 Å². The molecular formula is C34H40N8O7S. The van der Waals surface area contributed by atoms with Crippen molar-refractivity contribution in [2.45, 2.75) is 68.3 Å². The fraction of sp³-hybridized carbons (Fsp3) is 0.471. The van der Waals surface area contributed by atoms with E-state index in [2.05, 4.69) is 25.6 Å². The number of hydrogen-bond donors (Lipinski definition) is 3. The van der Waals surface area contributed by atoms with Gasteiger partial charge < -0.3 is 15.0 Å². The number of nitrogens with one attached hydrogen (secondary N) is 3. The number of amides is 4. The van der Waals surface area contributed by atoms with Crippen LogP contribution in [0.25, 0.3) is 11.4 Å². The first-order valence-corrected chi connectivity index (χ1v) is 18.5. The van der Waals surface area contributed by atoms with Crippen LogP contribution in [0.4, 0.5) is 10.5 Å². The predicted octanol–water partition coefficient (Wildman–Crippen LogP) is 2.68. The normalized spacial score (nSPS) is 27.7. The van der Waals surface area contributed by atoms with Gasteiger partial charge in [0.25, 0.3) is 5.91 Å². The number of ether oxygens (including phenoxy) is 1. The number of allylic oxidation sites excluding steroid dienone is 1. The Labute approximate surface area is 289 Å². The Morgan fingerprint density at radius 3 is 2.48 bits per heavy atom. The van der Waals surface area contributed by atoms with Crippen LogP contribution < -0.4 is 15.4 Å². The van der Waals surface area contributed by atoms with E-state index in [1.807, 2.05) is 18.2 Å². The summed E-state index contributed by atoms with van der Waals surface area (Å²) in [5, 5.41) is 13.6. The highest BCUT2D eigenvalue weighted by atomic mass is 32.2. The molecule has 3 saturated carbocycles. The lowest BCUT2D eigenvalue weighted by Gasteiger charge is -2.26. The first-order chi connectivity index (χ1) is 24.0. The molecule has 2 aromatic heterocycles. The first-order valence-electron chi connectivity index (χ1n) is 17.0. The van der Waals surface area contributed by atoms with Gasteiger partial charge in [0.2, 0.25) is 21.8 Å². The molecule has 0 bridgehead atoms. The largest absolute Gasteiger partial charge is 0.446 e. The van der Waals surface area contributed by atoms with Crippen molar-refractivity contribution in [3.05, 3.63) is 67.3 Å². The van der Waals surface area contributed by atoms with Crippen LogP contribution in [0, 0.1) is 17.8 Å². The molecule has 16 heteroatoms. The van der Waals surface area contributed by atoms with Crippen LogP contribution >= 0.6 is 0 Å². The highest BCUT2D eigenvalue weighted by molar-refractivity contribution is 7.91. The molecule has 0 saturated heterocycles. The number of anilines is 1. The molecule has 3 heterocycles. The highest BCUT2D eigenvalue weighted by Crippen LogP contribution is 2.47. The Kier molecular flexibility index (Phi) is 8.96. The van der Waals surface area contributed by atoms with Gasteiger partial charge in [-0.25, -0.2) is 22.6 Å². The van der Waals surface area contributed by atoms with Gasteiger partial charge in [-0.05, 0) is 81.7 Å². The van der Waals surface area contributed by atoms with Gasteiger partial charge in [-0.3, -0.25) is 24.4 Å². The lowest BCUT2D eigenvalue weighted by atomic mass is 9.93. The van der Waals surface area contributed by atoms with Gasteiger partial charge in [-0.1, -0.05) is 12.2 Å². The van der Waals surface area contributed by atoms with Crippen LogP contribution in [0.15, 0.2) is 67.3 Å². The molecule has 50 heavy (non-hydrogen) atoms. The van der Waals surface area contributed by atoms with Gasteiger partial charge in [0, 0.05) is 44.3 Å². The molecule has 0 radical (unpaired) electrons. The van der Waals surface area contributed by atoms with Crippen LogP contribution in [0.3, 0.4) is 0 Å². The minimum absolute atomic E-state index is 0.0431. The molecule has 3 aliphatic carbocycles. The van der Waals surface area contributed by atoms with Crippen LogP contribution in [-0.4, -0.2) is 87.2 Å². The third kappa shape index (κ3) is 6.88. The SMILES string of the molecule is CN1CCCC/C=C/[C@@H]2C[C@@]2(C(=O)NS(=O)(=O)C2CC2)NC(=O)[C@@H]2C[C@@H](OC(=O)Nc3cc(-n4cccn4)ccc3-n3cccn3)C[C@H]2C1=O. The summed E-state index contributed by atoms with van der Waals surface area (Å²) in [6.07, 6.45) is 12.6. The number of benzene rings is 1. The summed E-state index contributed by atoms with van der Waals surface area (Å²) in [7, 11) is -2.16. The highest BCUT2D eigenvalue weighted by Gasteiger charge is 2.62. The third-order valence-electron chi connectivity index (χ3n) is 10.0. The summed E-state index contributed by atoms with van der Waals surface area (Å²) in [4.78, 5) is 56.3. The van der Waals surface area contributed by atoms with Crippen LogP contribution in [0.1, 0.15) is 51.4 Å². The van der Waals surface area contributed by atoms with Crippen LogP contribution in [0.5, 0.6) is 0 Å². The maximum absolute atomic E-state index is 14.0. The van der Waals surface area contributed by atoms with Crippen molar-refractivity contribution < 1.29 is 32.3 Å². The van der Waals surface area contributed by atoms with Crippen molar-refractivity contribution in [3.8, 4) is 11.4 Å². The molecule has 7 rings (SSSR count). The fourth-order valence-corrected chi connectivity index (χ4v) is 8.35. The van der Waals surface area contributed by atoms with E-state index < -0.39 is 56.7 Å². The third-order valence-corrected chi connectivity index (χ3v) is 11.8. The van der Waals surface area contributed by atoms with Gasteiger partial charge >= 0.3 is 6.09 Å². The van der Waals surface area contributed by atoms with Crippen molar-refractivity contribution in [1.82, 2.24) is 34.5 Å². The molecule has 5 atom stereocenters. The summed E-state index contributed by atoms with van der Waals surface area (Å²) < 4.78 is 36.7. The molecule has 4 amide bonds. The molecule has 1 aliphatic heterocycles. The summed E-state index contributed by atoms with van der Waals surface area (Å²) in [5.41, 5.74) is 0.225. The van der Waals surface area contributed by atoms with E-state index in [0.717, 1.165) is 12.8 Å². The molecule has 264 valence electrons. The maximum atomic E-state index is 14.0. The summed E-state index contributed by atoms with van der Waals surface area (Å²) in [5.74, 6) is -3.69. The van der Waals surface area contributed by atoms with Crippen molar-refractivity contribution in [2.75, 3.05) is 18.9 Å². The number of hydrogen-bond acceptors (Lipinski definition) is 9. The number of nitrogens with zero attached hydrogens (tertiary/aromatic N) is 5. The Morgan fingerprint density at radius 1 is 1.02 bits per heavy atom. The zero-order valence-corrected chi connectivity index (χ0v) is 28.4. The minimum Gasteiger partial charge on any atom is -0.446 e. The van der Waals surface area contributed by atoms with Crippen molar-refractivity contribution >= 4 is 39.5 Å². The number of rotatable bonds is 7. The Morgan fingerprint density at radius 2 is 1.76 bits per heavy atom. The Balaban J connectivity index is 1.11. The lowest BCUT2D eigenvalue weighted by molar-refractivity contribution is -0.140. The fourth-order valence-electron chi connectivity index (χ4n) is 6.98. The summed E-state index contributed by atoms with van der Waals surface area (Å²) in [6, 6.07) is 8.90. The zero-order chi connectivity index (χ0) is 35.0. The molecule has 0 spiro atoms. The maximum Gasteiger partial charge on any atom is 0.411 e. The monoisotopic (exact) mass is 704 g/mol. The quantitative estimate of drug-likeness (QED) is 0.311. The topological polar surface area (TPSA) is 187 Å². The second-order valence-electron chi connectivity index (χ2n) is 13.6. The molecule has 4 aliphatic rings. The van der Waals surface area contributed by atoms with E-state index in [0.29, 0.717) is 42.9 Å². The Hall–Kier alpha value is -4.99. The zero-order valence-electron chi connectivity index (χ0n) is 27.6. The van der Waals surface area contributed by atoms with E-state index in [4.69, 9.17) is 4.74 Å². The number of carbonyl (C=O) groups is 4. The van der Waals surface area contributed by atoms with Gasteiger partial charge in [0.15, 0.2) is 0 Å². The van der Waals surface area contributed by atoms with Gasteiger partial charge in [-0.15, -0.1) is 0 Å². The van der Waals surface area contributed by atoms with Crippen LogP contribution in [0.2, 0.25) is 0 Å². The Bertz CT molecular complexity index is 1910. The summed E-state index contributed by atoms with van der Waals surface area (Å²) >= 11 is 0. The standard InChI is InChI=1S/C34H40N8O7S/c1-40-15-5-3-2-4-8-22-21-34(22,32(45)39-50(47,48)25-10-11-25)38-30(43)26-19-24(20-27(26)31(40)44)49-33(46)37-28-18-23(41-16-6-13-35-41)9-12-29(28)42-17-7-14-36-42/h4,6-9,12-14,16-18,22,24-27H,2-3,5,10-11,15,19-21H2,1H3,(H,37,46)(H,38,43)(H,39,45)/b8-4+/t22-,24-,26-,27-,34-/m1/s1. The molecular weight excluding hydrogens is 664 g/mol. The average molecular weight is 705 g/mol. The van der Waals surface area contributed by atoms with E-state index in [1.54, 1.807) is 70.4 Å². The molecule has 1 aromatic carbocycles. The van der Waals surface area contributed by atoms with E-state index in [9.17, 15) is 27.6 Å². The van der Waals surface area contributed by atoms with Crippen molar-refractivity contribution in [2.24, 2.45) is 17.8 Å². The molecule has 3 fully saturated rings. The number of fused-ring (bicyclic) bond motifs is 2. The van der Waals surface area contributed by atoms with E-state index in [1.165, 1.54) is 0 Å². The first kappa shape index (κ1) is 33.5. The van der Waals surface area contributed by atoms with Crippen molar-refractivity contribution in [3.63, 3.8) is 0 Å². The number of carbonyl (C=O) groups excluding carboxylic acids is 4. The van der Waals surface area contributed by atoms with Crippen molar-refractivity contribution in [1.29, 1.82) is 0 Å². The minimum atomic E-state index is -3.85. The van der Waals surface area contributed by atoms with E-state index >= 15 is 0 Å². The number of aromatic nitrogens is 4. The molecule has 3 N–H and O–H groups in total. The second kappa shape index (κ2) is 13.4. The average Bonchev–Trinajstić information content (AvgIpc) is 3.80. The predicted molar refractivity (Wildman–Crippen MR) is 180 cm³/mol. The summed E-state index contributed by atoms with van der Waals surface area (Å²) in [6.45, 7) is 0.501. The molecule has 15 nitrogen and oxygen atoms in total. The number of sulfonamides is 1. The smallest absolute Gasteiger partial charge is 0.411 e. The molecule has 0 unspecified atom stereocenters. The van der Waals surface area contributed by atoms with Gasteiger partial charge in [-0.2, -0.15) is 10.2 Å². The van der Waals surface area contributed by atoms with Gasteiger partial charge in [0.05, 0.1) is 34.1 Å². The van der Waals surface area contributed by atoms with Gasteiger partial charge in [0.1, 0.15) is 11.6 Å². The molecule has 3 aromatic rings. The van der Waals surface area contributed by atoms with Crippen LogP contribution in [-0.2, 0) is 29.1 Å². The second-order valence-corrected chi connectivity index (χ2v) is 15.5.